The van der Waals surface area contributed by atoms with Crippen molar-refractivity contribution in [2.45, 2.75) is 72.3 Å². The maximum atomic E-state index is 6.40. The average molecular weight is 524 g/mol. The van der Waals surface area contributed by atoms with E-state index in [2.05, 4.69) is 68.1 Å². The number of nitrogen functional groups attached to an aromatic ring is 1. The molecule has 2 aromatic heterocycles. The predicted molar refractivity (Wildman–Crippen MR) is 162 cm³/mol. The third-order valence-corrected chi connectivity index (χ3v) is 8.16. The van der Waals surface area contributed by atoms with E-state index in [1.165, 1.54) is 35.2 Å². The average Bonchev–Trinajstić information content (AvgIpc) is 3.84. The van der Waals surface area contributed by atoms with Crippen LogP contribution in [0.1, 0.15) is 77.6 Å². The number of methoxy groups -OCH3 is 1. The van der Waals surface area contributed by atoms with E-state index in [9.17, 15) is 0 Å². The highest BCUT2D eigenvalue weighted by atomic mass is 16.5. The Kier molecular flexibility index (Phi) is 7.74. The van der Waals surface area contributed by atoms with Crippen LogP contribution in [0.3, 0.4) is 0 Å². The number of allylic oxidation sites excluding steroid dienone is 1. The molecule has 0 amide bonds. The quantitative estimate of drug-likeness (QED) is 0.228. The summed E-state index contributed by atoms with van der Waals surface area (Å²) in [7, 11) is 1.67. The topological polar surface area (TPSA) is 85.4 Å². The molecule has 39 heavy (non-hydrogen) atoms. The molecule has 2 saturated carbocycles. The van der Waals surface area contributed by atoms with Crippen LogP contribution in [0.5, 0.6) is 5.75 Å². The van der Waals surface area contributed by atoms with Crippen molar-refractivity contribution in [3.05, 3.63) is 75.7 Å². The minimum absolute atomic E-state index is 0.326. The maximum absolute atomic E-state index is 6.40. The lowest BCUT2D eigenvalue weighted by Crippen LogP contribution is -2.23. The minimum Gasteiger partial charge on any atom is -0.495 e. The van der Waals surface area contributed by atoms with Gasteiger partial charge >= 0.3 is 0 Å². The van der Waals surface area contributed by atoms with Crippen molar-refractivity contribution in [3.8, 4) is 17.0 Å². The van der Waals surface area contributed by atoms with Crippen LogP contribution in [0.25, 0.3) is 17.0 Å². The van der Waals surface area contributed by atoms with E-state index in [1.807, 2.05) is 24.7 Å². The molecule has 0 saturated heterocycles. The Balaban J connectivity index is 1.44. The third kappa shape index (κ3) is 5.85. The number of ether oxygens (including phenoxy) is 1. The molecule has 0 bridgehead atoms. The molecule has 2 heterocycles. The standard InChI is InChI=1S/C33H41N5O/c1-7-28(24-13-25(17-36-26-10-11-26)32(34)30(14-24)39-6)37-18-27(23-8-9-23)29-12-19(2)22(5)33(38-29)31-20(3)15-35-16-21(31)4/h7,12-17,23,26-27,37H,8-11,18,34H2,1-6H3/b28-7-,36-17?. The zero-order chi connectivity index (χ0) is 27.7. The first-order chi connectivity index (χ1) is 18.8. The van der Waals surface area contributed by atoms with E-state index in [0.29, 0.717) is 29.3 Å². The summed E-state index contributed by atoms with van der Waals surface area (Å²) in [6.45, 7) is 11.5. The van der Waals surface area contributed by atoms with Gasteiger partial charge in [-0.1, -0.05) is 6.08 Å². The predicted octanol–water partition coefficient (Wildman–Crippen LogP) is 6.69. The van der Waals surface area contributed by atoms with Crippen molar-refractivity contribution in [2.24, 2.45) is 10.9 Å². The summed E-state index contributed by atoms with van der Waals surface area (Å²) in [5.74, 6) is 1.64. The fourth-order valence-electron chi connectivity index (χ4n) is 5.36. The van der Waals surface area contributed by atoms with Gasteiger partial charge in [-0.3, -0.25) is 15.0 Å². The molecule has 2 aliphatic rings. The van der Waals surface area contributed by atoms with Gasteiger partial charge in [0.2, 0.25) is 0 Å². The zero-order valence-corrected chi connectivity index (χ0v) is 24.1. The van der Waals surface area contributed by atoms with Gasteiger partial charge < -0.3 is 15.8 Å². The van der Waals surface area contributed by atoms with Crippen molar-refractivity contribution < 1.29 is 4.74 Å². The second-order valence-electron chi connectivity index (χ2n) is 11.2. The number of anilines is 1. The lowest BCUT2D eigenvalue weighted by molar-refractivity contribution is 0.417. The van der Waals surface area contributed by atoms with Crippen LogP contribution in [-0.2, 0) is 0 Å². The minimum atomic E-state index is 0.326. The van der Waals surface area contributed by atoms with E-state index in [4.69, 9.17) is 15.5 Å². The van der Waals surface area contributed by atoms with Gasteiger partial charge in [0.05, 0.1) is 24.5 Å². The number of hydrogen-bond acceptors (Lipinski definition) is 6. The molecule has 1 atom stereocenters. The third-order valence-electron chi connectivity index (χ3n) is 8.16. The van der Waals surface area contributed by atoms with E-state index in [0.717, 1.165) is 53.0 Å². The van der Waals surface area contributed by atoms with Crippen molar-refractivity contribution in [2.75, 3.05) is 19.4 Å². The summed E-state index contributed by atoms with van der Waals surface area (Å²) in [5.41, 5.74) is 18.3. The number of benzene rings is 1. The first kappa shape index (κ1) is 26.9. The molecule has 1 aromatic carbocycles. The first-order valence-corrected chi connectivity index (χ1v) is 14.1. The Bertz CT molecular complexity index is 1410. The SMILES string of the molecule is C/C=C(\NCC(c1cc(C)c(C)c(-c2c(C)cncc2C)n1)C1CC1)c1cc(C=NC2CC2)c(N)c(OC)c1. The smallest absolute Gasteiger partial charge is 0.143 e. The maximum Gasteiger partial charge on any atom is 0.143 e. The number of aryl methyl sites for hydroxylation is 3. The number of pyridine rings is 2. The highest BCUT2D eigenvalue weighted by Crippen LogP contribution is 2.43. The fourth-order valence-corrected chi connectivity index (χ4v) is 5.36. The van der Waals surface area contributed by atoms with Crippen LogP contribution in [-0.4, -0.2) is 35.9 Å². The van der Waals surface area contributed by atoms with Crippen molar-refractivity contribution in [1.82, 2.24) is 15.3 Å². The van der Waals surface area contributed by atoms with Crippen molar-refractivity contribution in [3.63, 3.8) is 0 Å². The van der Waals surface area contributed by atoms with Crippen LogP contribution < -0.4 is 15.8 Å². The van der Waals surface area contributed by atoms with Gasteiger partial charge in [0, 0.05) is 59.2 Å². The van der Waals surface area contributed by atoms with E-state index in [-0.39, 0.29) is 0 Å². The Morgan fingerprint density at radius 2 is 1.79 bits per heavy atom. The number of aliphatic imine (C=N–C) groups is 1. The molecule has 2 fully saturated rings. The van der Waals surface area contributed by atoms with Crippen LogP contribution in [0.2, 0.25) is 0 Å². The number of nitrogens with two attached hydrogens (primary N) is 1. The molecule has 3 aromatic rings. The van der Waals surface area contributed by atoms with Gasteiger partial charge in [-0.15, -0.1) is 0 Å². The van der Waals surface area contributed by atoms with E-state index >= 15 is 0 Å². The van der Waals surface area contributed by atoms with Crippen molar-refractivity contribution >= 4 is 17.6 Å². The Hall–Kier alpha value is -3.67. The van der Waals surface area contributed by atoms with Crippen LogP contribution in [0, 0.1) is 33.6 Å². The van der Waals surface area contributed by atoms with E-state index < -0.39 is 0 Å². The summed E-state index contributed by atoms with van der Waals surface area (Å²) in [4.78, 5) is 14.4. The monoisotopic (exact) mass is 523 g/mol. The summed E-state index contributed by atoms with van der Waals surface area (Å²) in [6, 6.07) is 6.86. The zero-order valence-electron chi connectivity index (χ0n) is 24.1. The number of nitrogens with one attached hydrogen (secondary N) is 1. The van der Waals surface area contributed by atoms with Crippen LogP contribution >= 0.6 is 0 Å². The number of nitrogens with zero attached hydrogens (tertiary/aromatic N) is 3. The molecule has 6 nitrogen and oxygen atoms in total. The summed E-state index contributed by atoms with van der Waals surface area (Å²) < 4.78 is 5.63. The molecular weight excluding hydrogens is 482 g/mol. The molecule has 1 unspecified atom stereocenters. The number of hydrogen-bond donors (Lipinski definition) is 2. The second-order valence-corrected chi connectivity index (χ2v) is 11.2. The molecule has 0 radical (unpaired) electrons. The highest BCUT2D eigenvalue weighted by molar-refractivity contribution is 5.91. The number of aromatic nitrogens is 2. The molecule has 204 valence electrons. The molecule has 2 aliphatic carbocycles. The summed E-state index contributed by atoms with van der Waals surface area (Å²) in [5, 5.41) is 3.77. The van der Waals surface area contributed by atoms with Crippen LogP contribution in [0.15, 0.2) is 41.7 Å². The molecule has 0 spiro atoms. The Labute approximate surface area is 232 Å². The fraction of sp³-hybridized carbons (Fsp3) is 0.424. The molecular formula is C33H41N5O. The molecule has 6 heteroatoms. The Morgan fingerprint density at radius 3 is 2.41 bits per heavy atom. The van der Waals surface area contributed by atoms with Gasteiger partial charge in [0.1, 0.15) is 5.75 Å². The normalized spacial score (nSPS) is 16.5. The Morgan fingerprint density at radius 1 is 1.08 bits per heavy atom. The lowest BCUT2D eigenvalue weighted by atomic mass is 9.92. The number of rotatable bonds is 10. The van der Waals surface area contributed by atoms with Crippen molar-refractivity contribution in [1.29, 1.82) is 0 Å². The molecule has 0 aliphatic heterocycles. The van der Waals surface area contributed by atoms with Gasteiger partial charge in [-0.05, 0) is 107 Å². The van der Waals surface area contributed by atoms with Gasteiger partial charge in [-0.25, -0.2) is 0 Å². The second kappa shape index (κ2) is 11.2. The van der Waals surface area contributed by atoms with E-state index in [1.54, 1.807) is 7.11 Å². The molecule has 5 rings (SSSR count). The van der Waals surface area contributed by atoms with Gasteiger partial charge in [-0.2, -0.15) is 0 Å². The summed E-state index contributed by atoms with van der Waals surface area (Å²) in [6.07, 6.45) is 12.7. The molecule has 3 N–H and O–H groups in total. The highest BCUT2D eigenvalue weighted by Gasteiger charge is 2.34. The largest absolute Gasteiger partial charge is 0.495 e. The lowest BCUT2D eigenvalue weighted by Gasteiger charge is -2.23. The van der Waals surface area contributed by atoms with Crippen LogP contribution in [0.4, 0.5) is 5.69 Å². The van der Waals surface area contributed by atoms with Gasteiger partial charge in [0.25, 0.3) is 0 Å². The van der Waals surface area contributed by atoms with Gasteiger partial charge in [0.15, 0.2) is 0 Å². The summed E-state index contributed by atoms with van der Waals surface area (Å²) >= 11 is 0. The first-order valence-electron chi connectivity index (χ1n) is 14.1.